The fourth-order valence-electron chi connectivity index (χ4n) is 1.89. The molecule has 0 fully saturated rings. The van der Waals surface area contributed by atoms with E-state index in [1.807, 2.05) is 0 Å². The molecule has 0 saturated carbocycles. The summed E-state index contributed by atoms with van der Waals surface area (Å²) in [5.74, 6) is 0. The number of halogens is 1. The molecule has 118 valence electrons. The minimum Gasteiger partial charge on any atom is -0.258 e. The second kappa shape index (κ2) is 7.72. The molecule has 1 aromatic carbocycles. The minimum absolute atomic E-state index is 0.0880. The van der Waals surface area contributed by atoms with Gasteiger partial charge in [0.05, 0.1) is 9.82 Å². The zero-order chi connectivity index (χ0) is 16.0. The summed E-state index contributed by atoms with van der Waals surface area (Å²) in [6.07, 6.45) is 3.75. The third-order valence-corrected chi connectivity index (χ3v) is 4.93. The lowest BCUT2D eigenvalue weighted by molar-refractivity contribution is -0.384. The van der Waals surface area contributed by atoms with E-state index >= 15 is 0 Å². The highest BCUT2D eigenvalue weighted by Crippen LogP contribution is 2.27. The molecule has 0 aliphatic rings. The van der Waals surface area contributed by atoms with Crippen LogP contribution in [-0.2, 0) is 10.0 Å². The second-order valence-electron chi connectivity index (χ2n) is 4.89. The van der Waals surface area contributed by atoms with Crippen LogP contribution in [0.25, 0.3) is 0 Å². The average Bonchev–Trinajstić information content (AvgIpc) is 2.38. The third kappa shape index (κ3) is 5.26. The Hall–Kier alpha value is -1.18. The van der Waals surface area contributed by atoms with Gasteiger partial charge in [-0.15, -0.1) is 0 Å². The summed E-state index contributed by atoms with van der Waals surface area (Å²) in [5.41, 5.74) is -0.418. The molecule has 1 aromatic rings. The number of hydrogen-bond donors (Lipinski definition) is 1. The fourth-order valence-corrected chi connectivity index (χ4v) is 3.38. The van der Waals surface area contributed by atoms with Crippen molar-refractivity contribution >= 4 is 27.3 Å². The minimum atomic E-state index is -3.78. The summed E-state index contributed by atoms with van der Waals surface area (Å²) in [6.45, 7) is 3.85. The summed E-state index contributed by atoms with van der Waals surface area (Å²) in [6, 6.07) is 3.23. The molecule has 0 spiro atoms. The van der Waals surface area contributed by atoms with Crippen LogP contribution in [-0.4, -0.2) is 19.4 Å². The van der Waals surface area contributed by atoms with Crippen LogP contribution < -0.4 is 4.72 Å². The maximum absolute atomic E-state index is 12.2. The summed E-state index contributed by atoms with van der Waals surface area (Å²) < 4.78 is 26.9. The molecule has 0 bridgehead atoms. The molecule has 1 atom stereocenters. The Morgan fingerprint density at radius 1 is 1.38 bits per heavy atom. The van der Waals surface area contributed by atoms with E-state index in [1.54, 1.807) is 6.92 Å². The molecule has 0 radical (unpaired) electrons. The predicted octanol–water partition coefficient (Wildman–Crippen LogP) is 3.50. The summed E-state index contributed by atoms with van der Waals surface area (Å²) in [4.78, 5) is 9.95. The summed E-state index contributed by atoms with van der Waals surface area (Å²) >= 11 is 5.67. The van der Waals surface area contributed by atoms with Crippen molar-refractivity contribution in [1.29, 1.82) is 0 Å². The van der Waals surface area contributed by atoms with E-state index < -0.39 is 20.6 Å². The van der Waals surface area contributed by atoms with Crippen LogP contribution in [0.5, 0.6) is 0 Å². The van der Waals surface area contributed by atoms with E-state index in [0.29, 0.717) is 0 Å². The Kier molecular flexibility index (Phi) is 6.57. The molecule has 8 heteroatoms. The topological polar surface area (TPSA) is 89.3 Å². The molecular formula is C13H19ClN2O4S. The molecule has 0 heterocycles. The van der Waals surface area contributed by atoms with Gasteiger partial charge in [0, 0.05) is 12.1 Å². The van der Waals surface area contributed by atoms with E-state index in [9.17, 15) is 18.5 Å². The molecule has 21 heavy (non-hydrogen) atoms. The van der Waals surface area contributed by atoms with Crippen LogP contribution in [0.3, 0.4) is 0 Å². The third-order valence-electron chi connectivity index (χ3n) is 3.02. The molecule has 0 aromatic heterocycles. The number of unbranched alkanes of at least 4 members (excludes halogenated alkanes) is 2. The number of hydrogen-bond acceptors (Lipinski definition) is 4. The van der Waals surface area contributed by atoms with Crippen LogP contribution in [0, 0.1) is 10.1 Å². The smallest absolute Gasteiger partial charge is 0.258 e. The van der Waals surface area contributed by atoms with Gasteiger partial charge in [-0.1, -0.05) is 37.8 Å². The van der Waals surface area contributed by atoms with Crippen LogP contribution in [0.15, 0.2) is 23.1 Å². The van der Waals surface area contributed by atoms with Crippen molar-refractivity contribution in [3.05, 3.63) is 33.3 Å². The van der Waals surface area contributed by atoms with Gasteiger partial charge in [0.15, 0.2) is 0 Å². The number of nitrogens with zero attached hydrogens (tertiary/aromatic N) is 1. The first kappa shape index (κ1) is 17.9. The van der Waals surface area contributed by atoms with Crippen molar-refractivity contribution in [3.63, 3.8) is 0 Å². The van der Waals surface area contributed by atoms with Crippen LogP contribution in [0.2, 0.25) is 5.02 Å². The van der Waals surface area contributed by atoms with Crippen molar-refractivity contribution < 1.29 is 13.3 Å². The fraction of sp³-hybridized carbons (Fsp3) is 0.538. The van der Waals surface area contributed by atoms with E-state index in [2.05, 4.69) is 11.6 Å². The van der Waals surface area contributed by atoms with Gasteiger partial charge in [-0.25, -0.2) is 13.1 Å². The highest BCUT2D eigenvalue weighted by molar-refractivity contribution is 7.89. The molecule has 0 aliphatic heterocycles. The van der Waals surface area contributed by atoms with Crippen LogP contribution in [0.4, 0.5) is 5.69 Å². The van der Waals surface area contributed by atoms with Gasteiger partial charge in [0.25, 0.3) is 5.69 Å². The SMILES string of the molecule is CCCCCC(C)NS(=O)(=O)c1ccc(Cl)c([N+](=O)[O-])c1. The Morgan fingerprint density at radius 3 is 2.62 bits per heavy atom. The first-order chi connectivity index (χ1) is 9.77. The van der Waals surface area contributed by atoms with Crippen molar-refractivity contribution in [2.24, 2.45) is 0 Å². The largest absolute Gasteiger partial charge is 0.289 e. The number of nitro groups is 1. The lowest BCUT2D eigenvalue weighted by Crippen LogP contribution is -2.32. The van der Waals surface area contributed by atoms with E-state index in [0.717, 1.165) is 31.7 Å². The number of nitrogens with one attached hydrogen (secondary N) is 1. The Balaban J connectivity index is 2.88. The Bertz CT molecular complexity index is 604. The van der Waals surface area contributed by atoms with Crippen LogP contribution in [0.1, 0.15) is 39.5 Å². The highest BCUT2D eigenvalue weighted by Gasteiger charge is 2.22. The van der Waals surface area contributed by atoms with E-state index in [-0.39, 0.29) is 16.0 Å². The average molecular weight is 335 g/mol. The summed E-state index contributed by atoms with van der Waals surface area (Å²) in [5, 5.41) is 10.7. The maximum atomic E-state index is 12.2. The first-order valence-electron chi connectivity index (χ1n) is 6.74. The van der Waals surface area contributed by atoms with E-state index in [4.69, 9.17) is 11.6 Å². The van der Waals surface area contributed by atoms with Crippen molar-refractivity contribution in [2.75, 3.05) is 0 Å². The van der Waals surface area contributed by atoms with Gasteiger partial charge in [-0.3, -0.25) is 10.1 Å². The molecule has 0 amide bonds. The standard InChI is InChI=1S/C13H19ClN2O4S/c1-3-4-5-6-10(2)15-21(19,20)11-7-8-12(14)13(9-11)16(17)18/h7-10,15H,3-6H2,1-2H3. The quantitative estimate of drug-likeness (QED) is 0.447. The molecule has 1 unspecified atom stereocenters. The van der Waals surface area contributed by atoms with Crippen molar-refractivity contribution in [2.45, 2.75) is 50.5 Å². The van der Waals surface area contributed by atoms with Gasteiger partial charge in [-0.05, 0) is 25.5 Å². The summed E-state index contributed by atoms with van der Waals surface area (Å²) in [7, 11) is -3.78. The number of sulfonamides is 1. The van der Waals surface area contributed by atoms with Crippen molar-refractivity contribution in [1.82, 2.24) is 4.72 Å². The van der Waals surface area contributed by atoms with Crippen LogP contribution >= 0.6 is 11.6 Å². The van der Waals surface area contributed by atoms with Gasteiger partial charge in [0.1, 0.15) is 5.02 Å². The zero-order valence-electron chi connectivity index (χ0n) is 12.0. The van der Waals surface area contributed by atoms with Gasteiger partial charge < -0.3 is 0 Å². The number of nitro benzene ring substituents is 1. The maximum Gasteiger partial charge on any atom is 0.289 e. The first-order valence-corrected chi connectivity index (χ1v) is 8.60. The number of benzene rings is 1. The normalized spacial score (nSPS) is 13.1. The predicted molar refractivity (Wildman–Crippen MR) is 82.0 cm³/mol. The molecule has 0 aliphatic carbocycles. The second-order valence-corrected chi connectivity index (χ2v) is 7.01. The zero-order valence-corrected chi connectivity index (χ0v) is 13.6. The molecule has 1 N–H and O–H groups in total. The number of rotatable bonds is 8. The molecular weight excluding hydrogens is 316 g/mol. The molecule has 1 rings (SSSR count). The van der Waals surface area contributed by atoms with Gasteiger partial charge >= 0.3 is 0 Å². The Labute approximate surface area is 129 Å². The highest BCUT2D eigenvalue weighted by atomic mass is 35.5. The lowest BCUT2D eigenvalue weighted by atomic mass is 10.1. The lowest BCUT2D eigenvalue weighted by Gasteiger charge is -2.14. The Morgan fingerprint density at radius 2 is 2.05 bits per heavy atom. The van der Waals surface area contributed by atoms with Crippen molar-refractivity contribution in [3.8, 4) is 0 Å². The molecule has 0 saturated heterocycles. The molecule has 6 nitrogen and oxygen atoms in total. The monoisotopic (exact) mass is 334 g/mol. The van der Waals surface area contributed by atoms with Gasteiger partial charge in [-0.2, -0.15) is 0 Å². The van der Waals surface area contributed by atoms with Gasteiger partial charge in [0.2, 0.25) is 10.0 Å². The van der Waals surface area contributed by atoms with E-state index in [1.165, 1.54) is 12.1 Å².